The Morgan fingerprint density at radius 2 is 0.131 bits per heavy atom. The summed E-state index contributed by atoms with van der Waals surface area (Å²) >= 11 is 0. The molecule has 0 atom stereocenters. The van der Waals surface area contributed by atoms with Crippen LogP contribution in [0.25, 0.3) is 0 Å². The first-order valence-electron chi connectivity index (χ1n) is 33.0. The summed E-state index contributed by atoms with van der Waals surface area (Å²) in [5.41, 5.74) is 0. The van der Waals surface area contributed by atoms with Gasteiger partial charge in [0.25, 0.3) is 0 Å². The van der Waals surface area contributed by atoms with Crippen LogP contribution >= 0.6 is 0 Å². The molecule has 0 aromatic heterocycles. The molecule has 98 heteroatoms. The van der Waals surface area contributed by atoms with E-state index in [1.165, 1.54) is 0 Å². The minimum atomic E-state index is 1.75. The predicted octanol–water partition coefficient (Wildman–Crippen LogP) is -37.0. The minimum absolute atomic E-state index is 1.75. The van der Waals surface area contributed by atoms with Crippen LogP contribution in [0, 0.1) is 0 Å². The van der Waals surface area contributed by atoms with E-state index in [1.54, 1.807) is 6.69 Å². The van der Waals surface area contributed by atoms with E-state index in [4.69, 9.17) is 0 Å². The van der Waals surface area contributed by atoms with E-state index in [1.807, 2.05) is 649 Å². The van der Waals surface area contributed by atoms with Gasteiger partial charge in [0.15, 0.2) is 0 Å². The molecule has 0 saturated carbocycles. The molecule has 0 bridgehead atoms. The first-order valence-corrected chi connectivity index (χ1v) is 33.0. The summed E-state index contributed by atoms with van der Waals surface area (Å²) < 4.78 is 0. The molecule has 0 aliphatic heterocycles. The zero-order valence-electron chi connectivity index (χ0n) is 57.7. The van der Waals surface area contributed by atoms with Gasteiger partial charge < -0.3 is 0 Å². The molecule has 0 aliphatic rings. The van der Waals surface area contributed by atoms with E-state index in [0.717, 1.165) is 0 Å². The molecule has 0 N–H and O–H groups in total. The van der Waals surface area contributed by atoms with Crippen molar-refractivity contribution in [2.24, 2.45) is 0 Å². The van der Waals surface area contributed by atoms with Crippen LogP contribution in [0.2, 0.25) is 6.82 Å². The number of hydrogen-bond acceptors (Lipinski definition) is 0. The van der Waals surface area contributed by atoms with Crippen LogP contribution in [0.5, 0.6) is 0 Å². The predicted molar refractivity (Wildman–Crippen MR) is 571 cm³/mol. The zero-order valence-corrected chi connectivity index (χ0v) is 57.7. The third-order valence-electron chi connectivity index (χ3n) is 10.8. The van der Waals surface area contributed by atoms with Gasteiger partial charge in [-0.3, -0.25) is 0 Å². The fourth-order valence-electron chi connectivity index (χ4n) is 6.16. The van der Waals surface area contributed by atoms with Crippen molar-refractivity contribution in [3.8, 4) is 0 Å². The van der Waals surface area contributed by atoms with E-state index in [0.29, 0.717) is 0 Å². The van der Waals surface area contributed by atoms with Gasteiger partial charge in [-0.15, -0.1) is 0 Å². The summed E-state index contributed by atoms with van der Waals surface area (Å²) in [6.07, 6.45) is 0. The quantitative estimate of drug-likeness (QED) is 0.0533. The van der Waals surface area contributed by atoms with Gasteiger partial charge >= 0.3 is 663 Å². The summed E-state index contributed by atoms with van der Waals surface area (Å²) in [6, 6.07) is 0. The van der Waals surface area contributed by atoms with Gasteiger partial charge in [0.05, 0.1) is 0 Å². The van der Waals surface area contributed by atoms with Gasteiger partial charge in [0.1, 0.15) is 0 Å². The Bertz CT molecular complexity index is 3670. The van der Waals surface area contributed by atoms with Crippen molar-refractivity contribution in [2.75, 3.05) is 0 Å². The Morgan fingerprint density at radius 3 is 0.182 bits per heavy atom. The Balaban J connectivity index is 4.12. The molecule has 0 aromatic rings. The van der Waals surface area contributed by atoms with Crippen molar-refractivity contribution in [3.63, 3.8) is 0 Å². The molecule has 0 amide bonds. The van der Waals surface area contributed by atoms with Gasteiger partial charge in [-0.05, 0) is 0 Å². The van der Waals surface area contributed by atoms with Crippen molar-refractivity contribution in [3.05, 3.63) is 0 Å². The fourth-order valence-corrected chi connectivity index (χ4v) is 6.16. The van der Waals surface area contributed by atoms with Crippen molar-refractivity contribution in [1.29, 1.82) is 0 Å². The molecule has 0 unspecified atom stereocenters. The molecule has 99 heavy (non-hydrogen) atoms. The van der Waals surface area contributed by atoms with Gasteiger partial charge in [-0.1, -0.05) is 0 Å². The summed E-state index contributed by atoms with van der Waals surface area (Å²) in [4.78, 5) is 0. The second-order valence-corrected chi connectivity index (χ2v) is 18.9. The van der Waals surface area contributed by atoms with Crippen molar-refractivity contribution in [1.82, 2.24) is 0 Å². The van der Waals surface area contributed by atoms with Crippen LogP contribution in [-0.4, -0.2) is 657 Å². The molecule has 0 rings (SSSR count). The van der Waals surface area contributed by atoms with Crippen molar-refractivity contribution in [2.45, 2.75) is 6.82 Å². The zero-order chi connectivity index (χ0) is 70.6. The summed E-state index contributed by atoms with van der Waals surface area (Å²) in [6.45, 7) is 195. The average molecular weight is 1080 g/mol. The summed E-state index contributed by atoms with van der Waals surface area (Å²) in [7, 11) is 3.63. The van der Waals surface area contributed by atoms with E-state index < -0.39 is 0 Å². The molecular weight excluding hydrogens is 1070 g/mol. The van der Waals surface area contributed by atoms with Crippen LogP contribution in [0.15, 0.2) is 0 Å². The average Bonchev–Trinajstić information content (AvgIpc) is 3.64. The Hall–Kier alpha value is 6.36. The molecule has 0 aliphatic carbocycles. The van der Waals surface area contributed by atoms with Crippen LogP contribution in [-0.2, 0) is 0 Å². The third-order valence-corrected chi connectivity index (χ3v) is 10.8. The Kier molecular flexibility index (Phi) is 111. The summed E-state index contributed by atoms with van der Waals surface area (Å²) in [5, 5.41) is 0. The van der Waals surface area contributed by atoms with Gasteiger partial charge in [-0.25, -0.2) is 0 Å². The van der Waals surface area contributed by atoms with E-state index in [2.05, 4.69) is 7.37 Å². The first-order chi connectivity index (χ1) is 49.4. The Labute approximate surface area is 656 Å². The molecule has 0 nitrogen and oxygen atoms in total. The SMILES string of the molecule is B=BB=BB=BB=BB=BB=BB=BB=BB=BB=BB=BB=BB=BB=BB=BB=BB=BB=BB=BB=BB=BB=BB=BB=BB=BB=BB=BB=BB=BB=BB=BB=BB=BB=BB=BB=BB=BB=BB=BB=BB=BB=BB=BB=BB=BB=BB=BB=BB=BC. The van der Waals surface area contributed by atoms with Crippen LogP contribution in [0.1, 0.15) is 0 Å². The van der Waals surface area contributed by atoms with Crippen LogP contribution in [0.4, 0.5) is 0 Å². The first kappa shape index (κ1) is 105. The van der Waals surface area contributed by atoms with Gasteiger partial charge in [0, 0.05) is 0 Å². The van der Waals surface area contributed by atoms with Crippen LogP contribution in [0.3, 0.4) is 0 Å². The van der Waals surface area contributed by atoms with E-state index in [-0.39, 0.29) is 0 Å². The topological polar surface area (TPSA) is 0 Å². The fraction of sp³-hybridized carbons (Fsp3) is 1.00. The normalized spacial score (nSPS) is 7.84. The van der Waals surface area contributed by atoms with Gasteiger partial charge in [0.2, 0.25) is 0 Å². The molecular formula is CH4B98. The van der Waals surface area contributed by atoms with Crippen molar-refractivity contribution < 1.29 is 0 Å². The Morgan fingerprint density at radius 1 is 0.0808 bits per heavy atom. The third kappa shape index (κ3) is 104. The molecule has 0 spiro atoms. The van der Waals surface area contributed by atoms with E-state index >= 15 is 0 Å². The monoisotopic (exact) mass is 1090 g/mol. The molecule has 302 valence electrons. The second-order valence-electron chi connectivity index (χ2n) is 18.9. The summed E-state index contributed by atoms with van der Waals surface area (Å²) in [5.74, 6) is 0. The molecule has 0 heterocycles. The molecule has 0 saturated heterocycles. The molecule has 0 fully saturated rings. The molecule has 0 aromatic carbocycles. The second kappa shape index (κ2) is 104. The van der Waals surface area contributed by atoms with Crippen molar-refractivity contribution >= 4 is 657 Å². The standard InChI is InChI=1S/CH4B98/c1-3-5-7-9-11-13-15-17-19-21-23-25-27-29-31-33-35-37-39-41-43-45-47-49-51-53-55-57-59-61-63-65-67-69-71-73-75-77-79-81-83-85-87-89-91-93-95-97-99-98-96-94-92-90-88-86-84-82-80-78-76-74-72-70-68-66-64-62-60-58-56-54-52-50-48-46-44-42-40-38-36-34-32-30-28-26-24-22-20-18-16-14-12-10-8-6-4-2/h2H,1H3. The maximum atomic E-state index is 3.63. The maximum absolute atomic E-state index is 3.63. The van der Waals surface area contributed by atoms with Crippen LogP contribution < -0.4 is 0 Å². The van der Waals surface area contributed by atoms with Gasteiger partial charge in [-0.2, -0.15) is 0 Å². The molecule has 0 radical (unpaired) electrons. The number of rotatable bonds is 48. The number of hydrogen-bond donors (Lipinski definition) is 0. The van der Waals surface area contributed by atoms with E-state index in [9.17, 15) is 0 Å².